The predicted octanol–water partition coefficient (Wildman–Crippen LogP) is 1.92. The lowest BCUT2D eigenvalue weighted by Crippen LogP contribution is -2.31. The predicted molar refractivity (Wildman–Crippen MR) is 72.1 cm³/mol. The Kier molecular flexibility index (Phi) is 6.13. The molecule has 0 aliphatic carbocycles. The van der Waals surface area contributed by atoms with Gasteiger partial charge in [0.05, 0.1) is 11.5 Å². The van der Waals surface area contributed by atoms with Gasteiger partial charge in [-0.25, -0.2) is 0 Å². The van der Waals surface area contributed by atoms with E-state index in [0.717, 1.165) is 0 Å². The standard InChI is InChI=1S/C11H15BrN2O5/c1-3-18-10(19-4-2)7-13-6-8(12)5-9(11(13)15)14(16)17/h5-6,10H,3-4,7H2,1-2H3. The van der Waals surface area contributed by atoms with Crippen molar-refractivity contribution < 1.29 is 14.4 Å². The highest BCUT2D eigenvalue weighted by Crippen LogP contribution is 2.14. The van der Waals surface area contributed by atoms with Crippen LogP contribution >= 0.6 is 15.9 Å². The van der Waals surface area contributed by atoms with E-state index in [-0.39, 0.29) is 6.54 Å². The molecule has 0 saturated carbocycles. The number of ether oxygens (including phenoxy) is 2. The van der Waals surface area contributed by atoms with Gasteiger partial charge in [-0.2, -0.15) is 0 Å². The van der Waals surface area contributed by atoms with Gasteiger partial charge in [0.2, 0.25) is 0 Å². The molecule has 0 amide bonds. The van der Waals surface area contributed by atoms with Gasteiger partial charge >= 0.3 is 11.2 Å². The molecule has 0 aliphatic heterocycles. The maximum absolute atomic E-state index is 11.9. The number of rotatable bonds is 7. The van der Waals surface area contributed by atoms with Crippen LogP contribution in [0.3, 0.4) is 0 Å². The van der Waals surface area contributed by atoms with Crippen LogP contribution in [0.2, 0.25) is 0 Å². The summed E-state index contributed by atoms with van der Waals surface area (Å²) in [6.45, 7) is 4.56. The van der Waals surface area contributed by atoms with Gasteiger partial charge < -0.3 is 14.0 Å². The molecule has 106 valence electrons. The van der Waals surface area contributed by atoms with Gasteiger partial charge in [-0.1, -0.05) is 0 Å². The first-order valence-electron chi connectivity index (χ1n) is 5.77. The second kappa shape index (κ2) is 7.37. The molecule has 7 nitrogen and oxygen atoms in total. The van der Waals surface area contributed by atoms with E-state index in [1.54, 1.807) is 13.8 Å². The smallest absolute Gasteiger partial charge is 0.335 e. The summed E-state index contributed by atoms with van der Waals surface area (Å²) in [7, 11) is 0. The molecular weight excluding hydrogens is 320 g/mol. The number of halogens is 1. The highest BCUT2D eigenvalue weighted by atomic mass is 79.9. The van der Waals surface area contributed by atoms with Crippen molar-refractivity contribution >= 4 is 21.6 Å². The van der Waals surface area contributed by atoms with Crippen LogP contribution in [0.5, 0.6) is 0 Å². The average Bonchev–Trinajstić information content (AvgIpc) is 2.33. The third-order valence-electron chi connectivity index (χ3n) is 2.28. The molecule has 0 radical (unpaired) electrons. The summed E-state index contributed by atoms with van der Waals surface area (Å²) in [6, 6.07) is 1.18. The molecule has 1 aromatic rings. The van der Waals surface area contributed by atoms with Crippen LogP contribution in [-0.2, 0) is 16.0 Å². The maximum Gasteiger partial charge on any atom is 0.335 e. The minimum absolute atomic E-state index is 0.0980. The Morgan fingerprint density at radius 2 is 2.00 bits per heavy atom. The number of nitro groups is 1. The Bertz CT molecular complexity index is 496. The van der Waals surface area contributed by atoms with Crippen molar-refractivity contribution in [1.82, 2.24) is 4.57 Å². The minimum Gasteiger partial charge on any atom is -0.351 e. The summed E-state index contributed by atoms with van der Waals surface area (Å²) in [5.74, 6) is 0. The second-order valence-corrected chi connectivity index (χ2v) is 4.51. The lowest BCUT2D eigenvalue weighted by molar-refractivity contribution is -0.386. The van der Waals surface area contributed by atoms with Gasteiger partial charge in [0.25, 0.3) is 0 Å². The van der Waals surface area contributed by atoms with Gasteiger partial charge in [-0.15, -0.1) is 0 Å². The van der Waals surface area contributed by atoms with Crippen molar-refractivity contribution in [3.8, 4) is 0 Å². The van der Waals surface area contributed by atoms with Crippen molar-refractivity contribution in [2.45, 2.75) is 26.7 Å². The van der Waals surface area contributed by atoms with Gasteiger partial charge in [0.15, 0.2) is 6.29 Å². The van der Waals surface area contributed by atoms with Crippen molar-refractivity contribution in [2.75, 3.05) is 13.2 Å². The van der Waals surface area contributed by atoms with Crippen LogP contribution in [-0.4, -0.2) is 29.0 Å². The van der Waals surface area contributed by atoms with Crippen molar-refractivity contribution in [1.29, 1.82) is 0 Å². The average molecular weight is 335 g/mol. The Labute approximate surface area is 118 Å². The molecule has 1 heterocycles. The summed E-state index contributed by atoms with van der Waals surface area (Å²) < 4.78 is 12.3. The van der Waals surface area contributed by atoms with E-state index in [4.69, 9.17) is 9.47 Å². The molecule has 0 bridgehead atoms. The monoisotopic (exact) mass is 334 g/mol. The summed E-state index contributed by atoms with van der Waals surface area (Å²) in [6.07, 6.45) is 0.863. The minimum atomic E-state index is -0.708. The normalized spacial score (nSPS) is 10.9. The number of nitrogens with zero attached hydrogens (tertiary/aromatic N) is 2. The van der Waals surface area contributed by atoms with E-state index < -0.39 is 22.5 Å². The molecule has 1 aromatic heterocycles. The molecule has 8 heteroatoms. The van der Waals surface area contributed by atoms with E-state index in [1.807, 2.05) is 0 Å². The van der Waals surface area contributed by atoms with Crippen LogP contribution in [0.15, 0.2) is 21.5 Å². The first-order chi connectivity index (χ1) is 8.99. The maximum atomic E-state index is 11.9. The van der Waals surface area contributed by atoms with Gasteiger partial charge in [-0.3, -0.25) is 14.9 Å². The highest BCUT2D eigenvalue weighted by molar-refractivity contribution is 9.10. The molecule has 0 aliphatic rings. The first-order valence-corrected chi connectivity index (χ1v) is 6.56. The zero-order chi connectivity index (χ0) is 14.4. The Balaban J connectivity index is 3.05. The Morgan fingerprint density at radius 3 is 2.47 bits per heavy atom. The topological polar surface area (TPSA) is 83.6 Å². The van der Waals surface area contributed by atoms with Crippen LogP contribution in [0.1, 0.15) is 13.8 Å². The van der Waals surface area contributed by atoms with Crippen LogP contribution in [0.25, 0.3) is 0 Å². The number of hydrogen-bond donors (Lipinski definition) is 0. The quantitative estimate of drug-likeness (QED) is 0.432. The summed E-state index contributed by atoms with van der Waals surface area (Å²) in [5, 5.41) is 10.8. The van der Waals surface area contributed by atoms with Crippen LogP contribution in [0.4, 0.5) is 5.69 Å². The van der Waals surface area contributed by atoms with E-state index in [0.29, 0.717) is 17.7 Å². The molecule has 0 aromatic carbocycles. The largest absolute Gasteiger partial charge is 0.351 e. The SMILES string of the molecule is CCOC(Cn1cc(Br)cc([N+](=O)[O-])c1=O)OCC. The van der Waals surface area contributed by atoms with Gasteiger partial charge in [0, 0.05) is 29.9 Å². The summed E-state index contributed by atoms with van der Waals surface area (Å²) in [5.41, 5.74) is -1.17. The van der Waals surface area contributed by atoms with Crippen molar-refractivity contribution in [2.24, 2.45) is 0 Å². The highest BCUT2D eigenvalue weighted by Gasteiger charge is 2.18. The van der Waals surface area contributed by atoms with E-state index in [1.165, 1.54) is 16.8 Å². The molecule has 0 saturated heterocycles. The third kappa shape index (κ3) is 4.41. The molecule has 0 unspecified atom stereocenters. The Hall–Kier alpha value is -1.25. The Morgan fingerprint density at radius 1 is 1.42 bits per heavy atom. The second-order valence-electron chi connectivity index (χ2n) is 3.60. The molecule has 0 fully saturated rings. The van der Waals surface area contributed by atoms with E-state index >= 15 is 0 Å². The van der Waals surface area contributed by atoms with Crippen LogP contribution < -0.4 is 5.56 Å². The first kappa shape index (κ1) is 15.8. The molecule has 1 rings (SSSR count). The molecule has 0 atom stereocenters. The third-order valence-corrected chi connectivity index (χ3v) is 2.72. The molecular formula is C11H15BrN2O5. The molecule has 0 N–H and O–H groups in total. The van der Waals surface area contributed by atoms with Gasteiger partial charge in [-0.05, 0) is 29.8 Å². The fraction of sp³-hybridized carbons (Fsp3) is 0.545. The summed E-state index contributed by atoms with van der Waals surface area (Å²) in [4.78, 5) is 22.0. The lowest BCUT2D eigenvalue weighted by Gasteiger charge is -2.18. The van der Waals surface area contributed by atoms with Crippen molar-refractivity contribution in [3.05, 3.63) is 37.2 Å². The fourth-order valence-electron chi connectivity index (χ4n) is 1.54. The fourth-order valence-corrected chi connectivity index (χ4v) is 2.00. The van der Waals surface area contributed by atoms with E-state index in [9.17, 15) is 14.9 Å². The van der Waals surface area contributed by atoms with Gasteiger partial charge in [0.1, 0.15) is 0 Å². The number of hydrogen-bond acceptors (Lipinski definition) is 5. The zero-order valence-corrected chi connectivity index (χ0v) is 12.3. The molecule has 0 spiro atoms. The number of aromatic nitrogens is 1. The number of pyridine rings is 1. The lowest BCUT2D eigenvalue weighted by atomic mass is 10.4. The van der Waals surface area contributed by atoms with Crippen LogP contribution in [0, 0.1) is 10.1 Å². The zero-order valence-electron chi connectivity index (χ0n) is 10.7. The van der Waals surface area contributed by atoms with E-state index in [2.05, 4.69) is 15.9 Å². The van der Waals surface area contributed by atoms with Crippen molar-refractivity contribution in [3.63, 3.8) is 0 Å². The molecule has 19 heavy (non-hydrogen) atoms. The summed E-state index contributed by atoms with van der Waals surface area (Å²) >= 11 is 3.14.